The minimum absolute atomic E-state index is 0.127. The summed E-state index contributed by atoms with van der Waals surface area (Å²) in [4.78, 5) is 13.5. The third-order valence-corrected chi connectivity index (χ3v) is 3.23. The minimum Gasteiger partial charge on any atom is -0.406 e. The lowest BCUT2D eigenvalue weighted by Gasteiger charge is -2.20. The van der Waals surface area contributed by atoms with E-state index in [0.717, 1.165) is 0 Å². The summed E-state index contributed by atoms with van der Waals surface area (Å²) in [5, 5.41) is 13.9. The Balaban J connectivity index is 1.98. The highest BCUT2D eigenvalue weighted by atomic mass is 19.4. The van der Waals surface area contributed by atoms with Crippen molar-refractivity contribution in [1.29, 1.82) is 0 Å². The summed E-state index contributed by atoms with van der Waals surface area (Å²) in [6, 6.07) is 5.17. The number of nitrogens with zero attached hydrogens (tertiary/aromatic N) is 3. The van der Waals surface area contributed by atoms with Gasteiger partial charge in [0.2, 0.25) is 0 Å². The third kappa shape index (κ3) is 4.72. The molecule has 0 aliphatic carbocycles. The Morgan fingerprint density at radius 1 is 1.38 bits per heavy atom. The molecule has 2 aromatic rings. The van der Waals surface area contributed by atoms with E-state index in [4.69, 9.17) is 0 Å². The molecule has 0 bridgehead atoms. The molecule has 9 heteroatoms. The summed E-state index contributed by atoms with van der Waals surface area (Å²) >= 11 is 0. The smallest absolute Gasteiger partial charge is 0.406 e. The van der Waals surface area contributed by atoms with Gasteiger partial charge in [-0.15, -0.1) is 13.2 Å². The Bertz CT molecular complexity index is 698. The predicted octanol–water partition coefficient (Wildman–Crippen LogP) is 2.01. The molecule has 2 rings (SSSR count). The lowest BCUT2D eigenvalue weighted by Crippen LogP contribution is -2.31. The topological polar surface area (TPSA) is 67.6 Å². The fraction of sp³-hybridized carbons (Fsp3) is 0.333. The van der Waals surface area contributed by atoms with E-state index in [1.807, 2.05) is 0 Å². The van der Waals surface area contributed by atoms with Crippen molar-refractivity contribution in [2.24, 2.45) is 7.05 Å². The van der Waals surface area contributed by atoms with Crippen LogP contribution in [0.2, 0.25) is 0 Å². The molecule has 1 atom stereocenters. The average Bonchev–Trinajstić information content (AvgIpc) is 2.92. The molecule has 0 saturated heterocycles. The molecule has 1 aromatic heterocycles. The molecule has 0 unspecified atom stereocenters. The highest BCUT2D eigenvalue weighted by molar-refractivity contribution is 5.81. The van der Waals surface area contributed by atoms with E-state index in [-0.39, 0.29) is 12.3 Å². The van der Waals surface area contributed by atoms with Crippen molar-refractivity contribution in [2.75, 3.05) is 7.05 Å². The quantitative estimate of drug-likeness (QED) is 0.902. The number of benzene rings is 1. The van der Waals surface area contributed by atoms with Crippen LogP contribution in [0.4, 0.5) is 13.2 Å². The first kappa shape index (κ1) is 17.8. The van der Waals surface area contributed by atoms with Gasteiger partial charge in [0.05, 0.1) is 6.20 Å². The maximum absolute atomic E-state index is 12.2. The van der Waals surface area contributed by atoms with Crippen LogP contribution in [-0.4, -0.2) is 39.1 Å². The van der Waals surface area contributed by atoms with Gasteiger partial charge in [-0.05, 0) is 17.7 Å². The summed E-state index contributed by atoms with van der Waals surface area (Å²) in [6.07, 6.45) is -3.18. The second kappa shape index (κ2) is 6.91. The number of rotatable bonds is 5. The second-order valence-corrected chi connectivity index (χ2v) is 5.24. The lowest BCUT2D eigenvalue weighted by atomic mass is 10.1. The Morgan fingerprint density at radius 2 is 2.00 bits per heavy atom. The summed E-state index contributed by atoms with van der Waals surface area (Å²) in [6.45, 7) is 0.127. The Morgan fingerprint density at radius 3 is 2.50 bits per heavy atom. The fourth-order valence-electron chi connectivity index (χ4n) is 2.08. The number of aliphatic hydroxyl groups excluding tert-OH is 1. The highest BCUT2D eigenvalue weighted by Crippen LogP contribution is 2.23. The summed E-state index contributed by atoms with van der Waals surface area (Å²) in [5.74, 6) is -0.880. The number of aromatic nitrogens is 2. The normalized spacial score (nSPS) is 12.8. The average molecular weight is 343 g/mol. The zero-order chi connectivity index (χ0) is 17.9. The SMILES string of the molecule is CN(Cc1ccc(OC(F)(F)F)cc1)C(=O)[C@H](O)c1cnn(C)c1. The number of likely N-dealkylation sites (N-methyl/N-ethyl adjacent to an activating group) is 1. The summed E-state index contributed by atoms with van der Waals surface area (Å²) in [5.41, 5.74) is 0.960. The van der Waals surface area contributed by atoms with Crippen molar-refractivity contribution in [3.05, 3.63) is 47.8 Å². The van der Waals surface area contributed by atoms with Crippen LogP contribution in [0.5, 0.6) is 5.75 Å². The Labute approximate surface area is 136 Å². The van der Waals surface area contributed by atoms with Crippen LogP contribution in [0.3, 0.4) is 0 Å². The van der Waals surface area contributed by atoms with E-state index in [2.05, 4.69) is 9.84 Å². The zero-order valence-electron chi connectivity index (χ0n) is 13.0. The van der Waals surface area contributed by atoms with E-state index in [9.17, 15) is 23.1 Å². The van der Waals surface area contributed by atoms with E-state index >= 15 is 0 Å². The van der Waals surface area contributed by atoms with Crippen LogP contribution < -0.4 is 4.74 Å². The number of ether oxygens (including phenoxy) is 1. The molecule has 24 heavy (non-hydrogen) atoms. The molecular weight excluding hydrogens is 327 g/mol. The molecule has 130 valence electrons. The van der Waals surface area contributed by atoms with Crippen molar-refractivity contribution in [2.45, 2.75) is 19.0 Å². The van der Waals surface area contributed by atoms with Gasteiger partial charge in [-0.1, -0.05) is 12.1 Å². The number of carbonyl (C=O) groups is 1. The van der Waals surface area contributed by atoms with Crippen molar-refractivity contribution in [1.82, 2.24) is 14.7 Å². The molecule has 0 radical (unpaired) electrons. The van der Waals surface area contributed by atoms with E-state index in [1.165, 1.54) is 53.3 Å². The molecule has 6 nitrogen and oxygen atoms in total. The number of aryl methyl sites for hydroxylation is 1. The van der Waals surface area contributed by atoms with Crippen molar-refractivity contribution in [3.63, 3.8) is 0 Å². The number of hydrogen-bond acceptors (Lipinski definition) is 4. The number of carbonyl (C=O) groups excluding carboxylic acids is 1. The molecule has 0 saturated carbocycles. The molecule has 1 aromatic carbocycles. The maximum atomic E-state index is 12.2. The highest BCUT2D eigenvalue weighted by Gasteiger charge is 2.31. The number of halogens is 3. The molecule has 1 N–H and O–H groups in total. The van der Waals surface area contributed by atoms with E-state index in [0.29, 0.717) is 11.1 Å². The molecule has 0 spiro atoms. The fourth-order valence-corrected chi connectivity index (χ4v) is 2.08. The Kier molecular flexibility index (Phi) is 5.13. The van der Waals surface area contributed by atoms with Gasteiger partial charge in [-0.25, -0.2) is 0 Å². The largest absolute Gasteiger partial charge is 0.573 e. The van der Waals surface area contributed by atoms with E-state index in [1.54, 1.807) is 7.05 Å². The molecule has 0 aliphatic rings. The zero-order valence-corrected chi connectivity index (χ0v) is 13.0. The summed E-state index contributed by atoms with van der Waals surface area (Å²) < 4.78 is 41.5. The second-order valence-electron chi connectivity index (χ2n) is 5.24. The van der Waals surface area contributed by atoms with Crippen LogP contribution in [0.15, 0.2) is 36.7 Å². The third-order valence-electron chi connectivity index (χ3n) is 3.23. The van der Waals surface area contributed by atoms with Crippen LogP contribution in [-0.2, 0) is 18.4 Å². The molecule has 1 heterocycles. The van der Waals surface area contributed by atoms with Gasteiger partial charge in [0, 0.05) is 32.4 Å². The van der Waals surface area contributed by atoms with Gasteiger partial charge < -0.3 is 14.7 Å². The molecule has 1 amide bonds. The van der Waals surface area contributed by atoms with Crippen LogP contribution >= 0.6 is 0 Å². The summed E-state index contributed by atoms with van der Waals surface area (Å²) in [7, 11) is 3.15. The first-order valence-electron chi connectivity index (χ1n) is 6.92. The van der Waals surface area contributed by atoms with Crippen LogP contribution in [0.25, 0.3) is 0 Å². The minimum atomic E-state index is -4.75. The van der Waals surface area contributed by atoms with Gasteiger partial charge in [0.15, 0.2) is 6.10 Å². The van der Waals surface area contributed by atoms with Gasteiger partial charge in [0.1, 0.15) is 5.75 Å². The van der Waals surface area contributed by atoms with Gasteiger partial charge in [-0.2, -0.15) is 5.10 Å². The molecular formula is C15H16F3N3O3. The van der Waals surface area contributed by atoms with Crippen molar-refractivity contribution >= 4 is 5.91 Å². The van der Waals surface area contributed by atoms with Gasteiger partial charge in [0.25, 0.3) is 5.91 Å². The molecule has 0 fully saturated rings. The molecule has 0 aliphatic heterocycles. The maximum Gasteiger partial charge on any atom is 0.573 e. The standard InChI is InChI=1S/C15H16F3N3O3/c1-20(14(23)13(22)11-7-19-21(2)9-11)8-10-3-5-12(6-4-10)24-15(16,17)18/h3-7,9,13,22H,8H2,1-2H3/t13-/m1/s1. The monoisotopic (exact) mass is 343 g/mol. The Hall–Kier alpha value is -2.55. The first-order valence-corrected chi connectivity index (χ1v) is 6.92. The number of amides is 1. The number of alkyl halides is 3. The predicted molar refractivity (Wildman–Crippen MR) is 77.8 cm³/mol. The van der Waals surface area contributed by atoms with Crippen LogP contribution in [0.1, 0.15) is 17.2 Å². The van der Waals surface area contributed by atoms with Crippen LogP contribution in [0, 0.1) is 0 Å². The number of hydrogen-bond donors (Lipinski definition) is 1. The van der Waals surface area contributed by atoms with E-state index < -0.39 is 18.4 Å². The van der Waals surface area contributed by atoms with Crippen molar-refractivity contribution < 1.29 is 27.8 Å². The first-order chi connectivity index (χ1) is 11.2. The van der Waals surface area contributed by atoms with Gasteiger partial charge in [-0.3, -0.25) is 9.48 Å². The number of aliphatic hydroxyl groups is 1. The lowest BCUT2D eigenvalue weighted by molar-refractivity contribution is -0.274. The van der Waals surface area contributed by atoms with Gasteiger partial charge >= 0.3 is 6.36 Å². The van der Waals surface area contributed by atoms with Crippen molar-refractivity contribution in [3.8, 4) is 5.75 Å².